The Morgan fingerprint density at radius 1 is 1.25 bits per heavy atom. The van der Waals surface area contributed by atoms with E-state index in [1.165, 1.54) is 6.20 Å². The van der Waals surface area contributed by atoms with Gasteiger partial charge in [0.05, 0.1) is 17.7 Å². The molecule has 0 bridgehead atoms. The first kappa shape index (κ1) is 20.1. The fraction of sp³-hybridized carbons (Fsp3) is 0.280. The number of carbonyl (C=O) groups excluding carboxylic acids is 1. The van der Waals surface area contributed by atoms with Crippen molar-refractivity contribution in [3.8, 4) is 17.2 Å². The molecular formula is C25H22FN5O. The monoisotopic (exact) mass is 427 g/mol. The summed E-state index contributed by atoms with van der Waals surface area (Å²) in [4.78, 5) is 21.2. The van der Waals surface area contributed by atoms with Crippen LogP contribution < -0.4 is 11.1 Å². The second-order valence-electron chi connectivity index (χ2n) is 8.71. The number of hydrogen-bond acceptors (Lipinski definition) is 5. The zero-order valence-corrected chi connectivity index (χ0v) is 17.8. The van der Waals surface area contributed by atoms with Gasteiger partial charge in [0.1, 0.15) is 5.82 Å². The van der Waals surface area contributed by atoms with Crippen molar-refractivity contribution < 1.29 is 9.18 Å². The van der Waals surface area contributed by atoms with Gasteiger partial charge in [-0.2, -0.15) is 5.26 Å². The molecular weight excluding hydrogens is 405 g/mol. The number of rotatable bonds is 3. The fourth-order valence-electron chi connectivity index (χ4n) is 4.83. The van der Waals surface area contributed by atoms with E-state index in [0.29, 0.717) is 45.1 Å². The van der Waals surface area contributed by atoms with Gasteiger partial charge < -0.3 is 11.1 Å². The molecule has 3 N–H and O–H groups in total. The lowest BCUT2D eigenvalue weighted by Gasteiger charge is -2.13. The number of halogens is 1. The van der Waals surface area contributed by atoms with Crippen molar-refractivity contribution in [2.45, 2.75) is 26.7 Å². The Morgan fingerprint density at radius 2 is 2.00 bits per heavy atom. The SMILES string of the molecule is CC(C(=O)Nc1cc2cc(-c3cnccc3C)c(F)c(N)c2cn1)=C1C[C@@H]2C(C#N)[C@@H]2C1. The third-order valence-corrected chi connectivity index (χ3v) is 6.89. The van der Waals surface area contributed by atoms with Crippen molar-refractivity contribution in [1.82, 2.24) is 9.97 Å². The average molecular weight is 427 g/mol. The predicted octanol–water partition coefficient (Wildman–Crippen LogP) is 4.76. The normalized spacial score (nSPS) is 22.9. The molecule has 32 heavy (non-hydrogen) atoms. The van der Waals surface area contributed by atoms with E-state index in [1.807, 2.05) is 19.9 Å². The van der Waals surface area contributed by atoms with Crippen LogP contribution in [0, 0.1) is 41.8 Å². The molecule has 160 valence electrons. The van der Waals surface area contributed by atoms with Crippen LogP contribution in [0.2, 0.25) is 0 Å². The number of allylic oxidation sites excluding steroid dienone is 1. The van der Waals surface area contributed by atoms with Crippen molar-refractivity contribution in [2.75, 3.05) is 11.1 Å². The maximum atomic E-state index is 15.0. The van der Waals surface area contributed by atoms with Crippen LogP contribution in [0.5, 0.6) is 0 Å². The van der Waals surface area contributed by atoms with Gasteiger partial charge in [0.25, 0.3) is 5.91 Å². The highest BCUT2D eigenvalue weighted by molar-refractivity contribution is 6.05. The number of amides is 1. The summed E-state index contributed by atoms with van der Waals surface area (Å²) >= 11 is 0. The molecule has 2 fully saturated rings. The summed E-state index contributed by atoms with van der Waals surface area (Å²) in [5, 5.41) is 13.1. The smallest absolute Gasteiger partial charge is 0.252 e. The van der Waals surface area contributed by atoms with E-state index in [4.69, 9.17) is 11.0 Å². The molecule has 2 heterocycles. The van der Waals surface area contributed by atoms with Crippen molar-refractivity contribution in [2.24, 2.45) is 17.8 Å². The van der Waals surface area contributed by atoms with Crippen molar-refractivity contribution in [1.29, 1.82) is 5.26 Å². The molecule has 1 amide bonds. The number of nitriles is 1. The van der Waals surface area contributed by atoms with Gasteiger partial charge in [-0.1, -0.05) is 5.57 Å². The van der Waals surface area contributed by atoms with E-state index >= 15 is 0 Å². The molecule has 0 spiro atoms. The highest BCUT2D eigenvalue weighted by Crippen LogP contribution is 2.59. The lowest BCUT2D eigenvalue weighted by Crippen LogP contribution is -2.15. The molecule has 3 aromatic rings. The largest absolute Gasteiger partial charge is 0.396 e. The zero-order valence-electron chi connectivity index (χ0n) is 17.8. The quantitative estimate of drug-likeness (QED) is 0.463. The van der Waals surface area contributed by atoms with Gasteiger partial charge in [0.15, 0.2) is 5.82 Å². The van der Waals surface area contributed by atoms with Gasteiger partial charge >= 0.3 is 0 Å². The van der Waals surface area contributed by atoms with E-state index in [0.717, 1.165) is 24.0 Å². The van der Waals surface area contributed by atoms with E-state index in [9.17, 15) is 9.18 Å². The maximum absolute atomic E-state index is 15.0. The lowest BCUT2D eigenvalue weighted by molar-refractivity contribution is -0.112. The summed E-state index contributed by atoms with van der Waals surface area (Å²) in [6.07, 6.45) is 6.38. The first-order chi connectivity index (χ1) is 15.4. The Labute approximate surface area is 185 Å². The van der Waals surface area contributed by atoms with Crippen LogP contribution in [0.25, 0.3) is 21.9 Å². The Morgan fingerprint density at radius 3 is 2.69 bits per heavy atom. The highest BCUT2D eigenvalue weighted by atomic mass is 19.1. The number of fused-ring (bicyclic) bond motifs is 2. The number of benzene rings is 1. The van der Waals surface area contributed by atoms with Crippen LogP contribution in [0.4, 0.5) is 15.9 Å². The van der Waals surface area contributed by atoms with Crippen molar-refractivity contribution in [3.05, 3.63) is 59.3 Å². The minimum absolute atomic E-state index is 0.0154. The van der Waals surface area contributed by atoms with E-state index in [1.54, 1.807) is 24.5 Å². The van der Waals surface area contributed by atoms with E-state index < -0.39 is 5.82 Å². The van der Waals surface area contributed by atoms with Crippen LogP contribution in [-0.4, -0.2) is 15.9 Å². The van der Waals surface area contributed by atoms with Gasteiger partial charge in [-0.05, 0) is 67.7 Å². The van der Waals surface area contributed by atoms with Gasteiger partial charge in [-0.3, -0.25) is 9.78 Å². The molecule has 3 atom stereocenters. The number of hydrogen-bond donors (Lipinski definition) is 2. The molecule has 2 saturated carbocycles. The first-order valence-corrected chi connectivity index (χ1v) is 10.6. The molecule has 2 aliphatic carbocycles. The molecule has 0 saturated heterocycles. The topological polar surface area (TPSA) is 105 Å². The summed E-state index contributed by atoms with van der Waals surface area (Å²) in [7, 11) is 0. The molecule has 6 nitrogen and oxygen atoms in total. The highest BCUT2D eigenvalue weighted by Gasteiger charge is 2.55. The number of nitrogens with zero attached hydrogens (tertiary/aromatic N) is 3. The fourth-order valence-corrected chi connectivity index (χ4v) is 4.83. The lowest BCUT2D eigenvalue weighted by atomic mass is 9.98. The van der Waals surface area contributed by atoms with Gasteiger partial charge in [0, 0.05) is 40.7 Å². The van der Waals surface area contributed by atoms with Crippen LogP contribution in [0.1, 0.15) is 25.3 Å². The number of aryl methyl sites for hydroxylation is 1. The van der Waals surface area contributed by atoms with E-state index in [2.05, 4.69) is 21.4 Å². The standard InChI is InChI=1S/C25H22FN5O/c1-12-3-4-29-10-20(12)18-7-15-8-22(30-11-21(15)24(28)23(18)26)31-25(32)13(2)14-5-16-17(6-14)19(16)9-27/h3-4,7-8,10-11,16-17,19H,5-6,28H2,1-2H3,(H,30,31,32)/t16-,17+,19?. The van der Waals surface area contributed by atoms with Gasteiger partial charge in [0.2, 0.25) is 0 Å². The second-order valence-corrected chi connectivity index (χ2v) is 8.71. The second kappa shape index (κ2) is 7.41. The first-order valence-electron chi connectivity index (χ1n) is 10.6. The van der Waals surface area contributed by atoms with Crippen LogP contribution >= 0.6 is 0 Å². The Bertz CT molecular complexity index is 1340. The summed E-state index contributed by atoms with van der Waals surface area (Å²) in [6, 6.07) is 7.57. The molecule has 1 unspecified atom stereocenters. The Balaban J connectivity index is 1.45. The maximum Gasteiger partial charge on any atom is 0.252 e. The molecule has 2 aromatic heterocycles. The number of carbonyl (C=O) groups is 1. The number of nitrogen functional groups attached to an aromatic ring is 1. The van der Waals surface area contributed by atoms with Crippen LogP contribution in [0.3, 0.4) is 0 Å². The minimum atomic E-state index is -0.511. The number of pyridine rings is 2. The molecule has 0 radical (unpaired) electrons. The number of anilines is 2. The number of aromatic nitrogens is 2. The zero-order chi connectivity index (χ0) is 22.6. The average Bonchev–Trinajstić information content (AvgIpc) is 3.26. The molecule has 1 aromatic carbocycles. The van der Waals surface area contributed by atoms with Crippen molar-refractivity contribution >= 4 is 28.2 Å². The summed E-state index contributed by atoms with van der Waals surface area (Å²) in [6.45, 7) is 3.70. The third kappa shape index (κ3) is 3.19. The van der Waals surface area contributed by atoms with Crippen molar-refractivity contribution in [3.63, 3.8) is 0 Å². The number of nitrogens with one attached hydrogen (secondary N) is 1. The van der Waals surface area contributed by atoms with Crippen LogP contribution in [-0.2, 0) is 4.79 Å². The minimum Gasteiger partial charge on any atom is -0.396 e. The number of nitrogens with two attached hydrogens (primary N) is 1. The summed E-state index contributed by atoms with van der Waals surface area (Å²) in [5.74, 6) is 0.622. The molecule has 0 aliphatic heterocycles. The molecule has 2 aliphatic rings. The van der Waals surface area contributed by atoms with Crippen LogP contribution in [0.15, 0.2) is 47.9 Å². The van der Waals surface area contributed by atoms with E-state index in [-0.39, 0.29) is 17.5 Å². The molecule has 7 heteroatoms. The summed E-state index contributed by atoms with van der Waals surface area (Å²) in [5.41, 5.74) is 9.80. The predicted molar refractivity (Wildman–Crippen MR) is 121 cm³/mol. The van der Waals surface area contributed by atoms with Gasteiger partial charge in [-0.25, -0.2) is 9.37 Å². The van der Waals surface area contributed by atoms with Gasteiger partial charge in [-0.15, -0.1) is 0 Å². The molecule has 5 rings (SSSR count). The Kier molecular flexibility index (Phi) is 4.66. The summed E-state index contributed by atoms with van der Waals surface area (Å²) < 4.78 is 15.0. The third-order valence-electron chi connectivity index (χ3n) is 6.89. The Hall–Kier alpha value is -3.79.